The van der Waals surface area contributed by atoms with Crippen molar-refractivity contribution in [1.29, 1.82) is 0 Å². The van der Waals surface area contributed by atoms with E-state index in [0.29, 0.717) is 40.5 Å². The van der Waals surface area contributed by atoms with Crippen molar-refractivity contribution in [2.24, 2.45) is 0 Å². The Labute approximate surface area is 156 Å². The van der Waals surface area contributed by atoms with Crippen molar-refractivity contribution in [1.82, 2.24) is 5.32 Å². The molecule has 3 amide bonds. The second-order valence-electron chi connectivity index (χ2n) is 5.93. The van der Waals surface area contributed by atoms with Crippen LogP contribution in [0, 0.1) is 0 Å². The van der Waals surface area contributed by atoms with Gasteiger partial charge in [0, 0.05) is 36.8 Å². The lowest BCUT2D eigenvalue weighted by Crippen LogP contribution is -2.24. The van der Waals surface area contributed by atoms with Gasteiger partial charge in [-0.3, -0.25) is 14.4 Å². The highest BCUT2D eigenvalue weighted by atomic mass is 35.5. The number of carbonyl (C=O) groups excluding carboxylic acids is 3. The minimum atomic E-state index is -0.366. The second-order valence-corrected chi connectivity index (χ2v) is 6.33. The maximum atomic E-state index is 12.6. The van der Waals surface area contributed by atoms with Crippen LogP contribution in [0.25, 0.3) is 0 Å². The van der Waals surface area contributed by atoms with Crippen molar-refractivity contribution >= 4 is 40.7 Å². The zero-order chi connectivity index (χ0) is 18.7. The highest BCUT2D eigenvalue weighted by molar-refractivity contribution is 6.34. The van der Waals surface area contributed by atoms with Gasteiger partial charge in [-0.25, -0.2) is 0 Å². The molecule has 3 rings (SSSR count). The van der Waals surface area contributed by atoms with Crippen LogP contribution in [0.5, 0.6) is 0 Å². The Kier molecular flexibility index (Phi) is 5.23. The van der Waals surface area contributed by atoms with Gasteiger partial charge in [0.2, 0.25) is 5.91 Å². The molecule has 1 aliphatic rings. The Morgan fingerprint density at radius 3 is 2.54 bits per heavy atom. The smallest absolute Gasteiger partial charge is 0.255 e. The number of benzene rings is 2. The Bertz CT molecular complexity index is 882. The fourth-order valence-corrected chi connectivity index (χ4v) is 3.00. The average Bonchev–Trinajstić information content (AvgIpc) is 3.09. The number of nitrogens with one attached hydrogen (secondary N) is 2. The third-order valence-electron chi connectivity index (χ3n) is 4.20. The maximum Gasteiger partial charge on any atom is 0.255 e. The minimum Gasteiger partial charge on any atom is -0.355 e. The van der Waals surface area contributed by atoms with E-state index in [4.69, 9.17) is 11.6 Å². The fourth-order valence-electron chi connectivity index (χ4n) is 2.84. The zero-order valence-electron chi connectivity index (χ0n) is 14.2. The van der Waals surface area contributed by atoms with Crippen LogP contribution in [0.1, 0.15) is 33.6 Å². The molecule has 0 saturated carbocycles. The number of rotatable bonds is 4. The lowest BCUT2D eigenvalue weighted by molar-refractivity contribution is -0.117. The summed E-state index contributed by atoms with van der Waals surface area (Å²) in [6, 6.07) is 11.5. The normalized spacial score (nSPS) is 13.6. The van der Waals surface area contributed by atoms with Crippen molar-refractivity contribution in [3.05, 3.63) is 58.6 Å². The number of hydrogen-bond donors (Lipinski definition) is 2. The summed E-state index contributed by atoms with van der Waals surface area (Å²) in [4.78, 5) is 37.9. The number of nitrogens with zero attached hydrogens (tertiary/aromatic N) is 1. The first-order valence-electron chi connectivity index (χ1n) is 8.23. The first kappa shape index (κ1) is 17.9. The Morgan fingerprint density at radius 1 is 1.08 bits per heavy atom. The molecule has 0 unspecified atom stereocenters. The van der Waals surface area contributed by atoms with Crippen LogP contribution < -0.4 is 15.5 Å². The third-order valence-corrected chi connectivity index (χ3v) is 4.53. The third kappa shape index (κ3) is 3.70. The quantitative estimate of drug-likeness (QED) is 0.866. The van der Waals surface area contributed by atoms with Crippen molar-refractivity contribution < 1.29 is 14.4 Å². The first-order chi connectivity index (χ1) is 12.5. The summed E-state index contributed by atoms with van der Waals surface area (Å²) in [5.74, 6) is -0.579. The summed E-state index contributed by atoms with van der Waals surface area (Å²) in [5, 5.41) is 5.57. The van der Waals surface area contributed by atoms with Gasteiger partial charge in [-0.15, -0.1) is 0 Å². The first-order valence-corrected chi connectivity index (χ1v) is 8.61. The summed E-state index contributed by atoms with van der Waals surface area (Å²) in [7, 11) is 1.53. The molecule has 1 fully saturated rings. The lowest BCUT2D eigenvalue weighted by Gasteiger charge is -2.16. The number of amides is 3. The Morgan fingerprint density at radius 2 is 1.85 bits per heavy atom. The van der Waals surface area contributed by atoms with E-state index in [-0.39, 0.29) is 17.7 Å². The van der Waals surface area contributed by atoms with E-state index in [0.717, 1.165) is 6.42 Å². The SMILES string of the molecule is CNC(=O)c1ccc(Cl)c(NC(=O)c2cccc(N3CCCC3=O)c2)c1. The van der Waals surface area contributed by atoms with Crippen LogP contribution in [0.2, 0.25) is 5.02 Å². The van der Waals surface area contributed by atoms with Crippen molar-refractivity contribution in [2.45, 2.75) is 12.8 Å². The molecule has 134 valence electrons. The molecule has 2 aromatic carbocycles. The molecule has 1 saturated heterocycles. The van der Waals surface area contributed by atoms with Crippen LogP contribution in [-0.2, 0) is 4.79 Å². The highest BCUT2D eigenvalue weighted by Crippen LogP contribution is 2.25. The number of anilines is 2. The lowest BCUT2D eigenvalue weighted by atomic mass is 10.1. The molecular weight excluding hydrogens is 354 g/mol. The topological polar surface area (TPSA) is 78.5 Å². The largest absolute Gasteiger partial charge is 0.355 e. The Balaban J connectivity index is 1.82. The number of carbonyl (C=O) groups is 3. The van der Waals surface area contributed by atoms with Gasteiger partial charge < -0.3 is 15.5 Å². The maximum absolute atomic E-state index is 12.6. The average molecular weight is 372 g/mol. The van der Waals surface area contributed by atoms with Crippen LogP contribution in [0.4, 0.5) is 11.4 Å². The van der Waals surface area contributed by atoms with Crippen LogP contribution >= 0.6 is 11.6 Å². The van der Waals surface area contributed by atoms with Crippen LogP contribution in [-0.4, -0.2) is 31.3 Å². The molecule has 0 aromatic heterocycles. The predicted octanol–water partition coefficient (Wildman–Crippen LogP) is 3.08. The fraction of sp³-hybridized carbons (Fsp3) is 0.211. The van der Waals surface area contributed by atoms with E-state index in [1.54, 1.807) is 41.3 Å². The predicted molar refractivity (Wildman–Crippen MR) is 101 cm³/mol. The van der Waals surface area contributed by atoms with E-state index >= 15 is 0 Å². The Hall–Kier alpha value is -2.86. The molecule has 26 heavy (non-hydrogen) atoms. The van der Waals surface area contributed by atoms with Gasteiger partial charge in [-0.1, -0.05) is 17.7 Å². The molecule has 0 bridgehead atoms. The molecule has 2 aromatic rings. The minimum absolute atomic E-state index is 0.0591. The van der Waals surface area contributed by atoms with Crippen molar-refractivity contribution in [2.75, 3.05) is 23.8 Å². The molecule has 1 heterocycles. The molecule has 0 aliphatic carbocycles. The monoisotopic (exact) mass is 371 g/mol. The van der Waals surface area contributed by atoms with E-state index in [9.17, 15) is 14.4 Å². The van der Waals surface area contributed by atoms with Crippen molar-refractivity contribution in [3.8, 4) is 0 Å². The summed E-state index contributed by atoms with van der Waals surface area (Å²) in [5.41, 5.74) is 1.85. The van der Waals surface area contributed by atoms with Gasteiger partial charge in [-0.05, 0) is 42.8 Å². The van der Waals surface area contributed by atoms with Gasteiger partial charge in [0.05, 0.1) is 10.7 Å². The second kappa shape index (κ2) is 7.58. The van der Waals surface area contributed by atoms with Crippen LogP contribution in [0.3, 0.4) is 0 Å². The van der Waals surface area contributed by atoms with Gasteiger partial charge in [-0.2, -0.15) is 0 Å². The molecule has 0 atom stereocenters. The highest BCUT2D eigenvalue weighted by Gasteiger charge is 2.22. The van der Waals surface area contributed by atoms with Crippen molar-refractivity contribution in [3.63, 3.8) is 0 Å². The summed E-state index contributed by atoms with van der Waals surface area (Å²) in [6.07, 6.45) is 1.34. The van der Waals surface area contributed by atoms with Gasteiger partial charge in [0.1, 0.15) is 0 Å². The molecule has 2 N–H and O–H groups in total. The van der Waals surface area contributed by atoms with Gasteiger partial charge >= 0.3 is 0 Å². The summed E-state index contributed by atoms with van der Waals surface area (Å²) >= 11 is 6.13. The van der Waals surface area contributed by atoms with E-state index in [2.05, 4.69) is 10.6 Å². The number of halogens is 1. The molecule has 7 heteroatoms. The standard InChI is InChI=1S/C19H18ClN3O3/c1-21-18(25)13-7-8-15(20)16(11-13)22-19(26)12-4-2-5-14(10-12)23-9-3-6-17(23)24/h2,4-5,7-8,10-11H,3,6,9H2,1H3,(H,21,25)(H,22,26). The molecule has 0 radical (unpaired) electrons. The van der Waals surface area contributed by atoms with Gasteiger partial charge in [0.15, 0.2) is 0 Å². The van der Waals surface area contributed by atoms with E-state index < -0.39 is 0 Å². The number of hydrogen-bond acceptors (Lipinski definition) is 3. The van der Waals surface area contributed by atoms with E-state index in [1.165, 1.54) is 13.1 Å². The van der Waals surface area contributed by atoms with Gasteiger partial charge in [0.25, 0.3) is 11.8 Å². The molecule has 1 aliphatic heterocycles. The van der Waals surface area contributed by atoms with E-state index in [1.807, 2.05) is 0 Å². The molecule has 6 nitrogen and oxygen atoms in total. The molecular formula is C19H18ClN3O3. The summed E-state index contributed by atoms with van der Waals surface area (Å²) < 4.78 is 0. The van der Waals surface area contributed by atoms with Crippen LogP contribution in [0.15, 0.2) is 42.5 Å². The molecule has 0 spiro atoms. The summed E-state index contributed by atoms with van der Waals surface area (Å²) in [6.45, 7) is 0.657. The zero-order valence-corrected chi connectivity index (χ0v) is 15.0.